The van der Waals surface area contributed by atoms with Crippen LogP contribution in [-0.2, 0) is 20.9 Å². The molecule has 1 atom stereocenters. The Morgan fingerprint density at radius 3 is 2.68 bits per heavy atom. The van der Waals surface area contributed by atoms with E-state index < -0.39 is 18.1 Å². The van der Waals surface area contributed by atoms with Gasteiger partial charge in [-0.05, 0) is 5.56 Å². The Balaban J connectivity index is 1.99. The number of carbonyl (C=O) groups is 2. The summed E-state index contributed by atoms with van der Waals surface area (Å²) in [4.78, 5) is 28.4. The van der Waals surface area contributed by atoms with E-state index in [-0.39, 0.29) is 12.7 Å². The fourth-order valence-electron chi connectivity index (χ4n) is 1.67. The number of amides is 1. The summed E-state index contributed by atoms with van der Waals surface area (Å²) in [6.07, 6.45) is 0.878. The zero-order valence-corrected chi connectivity index (χ0v) is 13.0. The van der Waals surface area contributed by atoms with Gasteiger partial charge < -0.3 is 14.8 Å². The lowest BCUT2D eigenvalue weighted by atomic mass is 10.1. The Labute approximate surface area is 136 Å². The first-order chi connectivity index (χ1) is 10.7. The molecule has 0 fully saturated rings. The van der Waals surface area contributed by atoms with Gasteiger partial charge in [0, 0.05) is 6.20 Å². The number of hydrogen-bond donors (Lipinski definition) is 1. The van der Waals surface area contributed by atoms with Crippen molar-refractivity contribution in [3.05, 3.63) is 52.5 Å². The molecule has 0 aliphatic rings. The number of alkyl halides is 1. The van der Waals surface area contributed by atoms with Crippen molar-refractivity contribution < 1.29 is 19.1 Å². The molecule has 8 heteroatoms. The molecular weight excluding hydrogens is 328 g/mol. The second-order valence-corrected chi connectivity index (χ2v) is 5.29. The van der Waals surface area contributed by atoms with Crippen molar-refractivity contribution in [3.8, 4) is 0 Å². The van der Waals surface area contributed by atoms with E-state index in [0.29, 0.717) is 5.56 Å². The molecule has 1 heterocycles. The number of esters is 1. The lowest BCUT2D eigenvalue weighted by Gasteiger charge is -2.17. The maximum atomic E-state index is 11.9. The molecule has 2 aromatic rings. The van der Waals surface area contributed by atoms with Crippen molar-refractivity contribution in [2.75, 3.05) is 6.07 Å². The molecule has 2 rings (SSSR count). The van der Waals surface area contributed by atoms with Crippen LogP contribution in [0.4, 0.5) is 4.79 Å². The molecule has 0 bridgehead atoms. The molecule has 6 nitrogen and oxygen atoms in total. The number of nitrogens with zero attached hydrogens (tertiary/aromatic N) is 1. The van der Waals surface area contributed by atoms with Gasteiger partial charge in [-0.3, -0.25) is 4.98 Å². The van der Waals surface area contributed by atoms with Crippen molar-refractivity contribution in [1.82, 2.24) is 10.3 Å². The van der Waals surface area contributed by atoms with Crippen molar-refractivity contribution in [2.24, 2.45) is 0 Å². The number of benzene rings is 1. The number of nitrogens with one attached hydrogen (secondary N) is 1. The summed E-state index contributed by atoms with van der Waals surface area (Å²) >= 11 is 6.77. The quantitative estimate of drug-likeness (QED) is 0.646. The van der Waals surface area contributed by atoms with Crippen molar-refractivity contribution >= 4 is 35.0 Å². The number of ether oxygens (including phenoxy) is 2. The van der Waals surface area contributed by atoms with Crippen LogP contribution in [0.1, 0.15) is 16.5 Å². The van der Waals surface area contributed by atoms with Gasteiger partial charge in [0.25, 0.3) is 0 Å². The third-order valence-corrected chi connectivity index (χ3v) is 3.52. The van der Waals surface area contributed by atoms with Gasteiger partial charge >= 0.3 is 12.1 Å². The lowest BCUT2D eigenvalue weighted by Crippen LogP contribution is -2.35. The first kappa shape index (κ1) is 16.3. The Bertz CT molecular complexity index is 607. The smallest absolute Gasteiger partial charge is 0.408 e. The number of rotatable bonds is 6. The van der Waals surface area contributed by atoms with Crippen LogP contribution in [0.3, 0.4) is 0 Å². The Morgan fingerprint density at radius 1 is 1.27 bits per heavy atom. The summed E-state index contributed by atoms with van der Waals surface area (Å²) in [5.74, 6) is -0.657. The SMILES string of the molecule is O=C(N[C@@H](C(=O)OCCl)c1ccccc1)OCc1cncs1. The molecule has 0 unspecified atom stereocenters. The van der Waals surface area contributed by atoms with Crippen LogP contribution in [0.2, 0.25) is 0 Å². The molecule has 0 radical (unpaired) electrons. The van der Waals surface area contributed by atoms with E-state index in [9.17, 15) is 9.59 Å². The molecule has 22 heavy (non-hydrogen) atoms. The van der Waals surface area contributed by atoms with Gasteiger partial charge in [-0.1, -0.05) is 41.9 Å². The number of thiazole rings is 1. The minimum absolute atomic E-state index is 0.0859. The summed E-state index contributed by atoms with van der Waals surface area (Å²) in [7, 11) is 0. The number of alkyl carbamates (subject to hydrolysis) is 1. The van der Waals surface area contributed by atoms with E-state index >= 15 is 0 Å². The van der Waals surface area contributed by atoms with Crippen LogP contribution in [0, 0.1) is 0 Å². The zero-order chi connectivity index (χ0) is 15.8. The third kappa shape index (κ3) is 4.71. The van der Waals surface area contributed by atoms with Crippen LogP contribution >= 0.6 is 22.9 Å². The van der Waals surface area contributed by atoms with E-state index in [0.717, 1.165) is 4.88 Å². The van der Waals surface area contributed by atoms with Gasteiger partial charge in [0.1, 0.15) is 6.61 Å². The van der Waals surface area contributed by atoms with Crippen LogP contribution in [0.15, 0.2) is 42.0 Å². The monoisotopic (exact) mass is 340 g/mol. The Kier molecular flexibility index (Phi) is 6.17. The third-order valence-electron chi connectivity index (χ3n) is 2.66. The average molecular weight is 341 g/mol. The minimum atomic E-state index is -0.978. The predicted octanol–water partition coefficient (Wildman–Crippen LogP) is 2.85. The fraction of sp³-hybridized carbons (Fsp3) is 0.214. The molecule has 0 aliphatic heterocycles. The van der Waals surface area contributed by atoms with Crippen LogP contribution in [0.25, 0.3) is 0 Å². The largest absolute Gasteiger partial charge is 0.448 e. The number of aromatic nitrogens is 1. The fourth-order valence-corrected chi connectivity index (χ4v) is 2.28. The maximum absolute atomic E-state index is 11.9. The normalized spacial score (nSPS) is 11.5. The molecule has 1 amide bonds. The standard InChI is InChI=1S/C14H13ClN2O4S/c15-8-21-13(18)12(10-4-2-1-3-5-10)17-14(19)20-7-11-6-16-9-22-11/h1-6,9,12H,7-8H2,(H,17,19)/t12-/m1/s1. The summed E-state index contributed by atoms with van der Waals surface area (Å²) in [6, 6.07) is 7.43. The van der Waals surface area contributed by atoms with E-state index in [1.807, 2.05) is 0 Å². The van der Waals surface area contributed by atoms with Gasteiger partial charge in [-0.2, -0.15) is 0 Å². The Hall–Kier alpha value is -2.12. The van der Waals surface area contributed by atoms with E-state index in [4.69, 9.17) is 21.1 Å². The molecule has 0 saturated carbocycles. The first-order valence-electron chi connectivity index (χ1n) is 6.29. The zero-order valence-electron chi connectivity index (χ0n) is 11.4. The average Bonchev–Trinajstić information content (AvgIpc) is 3.05. The Morgan fingerprint density at radius 2 is 2.05 bits per heavy atom. The van der Waals surface area contributed by atoms with Crippen molar-refractivity contribution in [3.63, 3.8) is 0 Å². The molecule has 0 spiro atoms. The van der Waals surface area contributed by atoms with Gasteiger partial charge in [-0.15, -0.1) is 11.3 Å². The van der Waals surface area contributed by atoms with Crippen molar-refractivity contribution in [1.29, 1.82) is 0 Å². The molecular formula is C14H13ClN2O4S. The molecule has 1 aromatic carbocycles. The number of hydrogen-bond acceptors (Lipinski definition) is 6. The van der Waals surface area contributed by atoms with Crippen LogP contribution in [0.5, 0.6) is 0 Å². The van der Waals surface area contributed by atoms with E-state index in [1.165, 1.54) is 11.3 Å². The molecule has 1 aromatic heterocycles. The first-order valence-corrected chi connectivity index (χ1v) is 7.70. The highest BCUT2D eigenvalue weighted by Gasteiger charge is 2.24. The van der Waals surface area contributed by atoms with Crippen LogP contribution < -0.4 is 5.32 Å². The minimum Gasteiger partial charge on any atom is -0.448 e. The highest BCUT2D eigenvalue weighted by molar-refractivity contribution is 7.09. The van der Waals surface area contributed by atoms with E-state index in [2.05, 4.69) is 10.3 Å². The van der Waals surface area contributed by atoms with E-state index in [1.54, 1.807) is 42.0 Å². The van der Waals surface area contributed by atoms with Gasteiger partial charge in [-0.25, -0.2) is 9.59 Å². The van der Waals surface area contributed by atoms with Gasteiger partial charge in [0.05, 0.1) is 10.4 Å². The summed E-state index contributed by atoms with van der Waals surface area (Å²) in [6.45, 7) is 0.0859. The second kappa shape index (κ2) is 8.35. The van der Waals surface area contributed by atoms with Crippen LogP contribution in [-0.4, -0.2) is 23.1 Å². The number of carbonyl (C=O) groups excluding carboxylic acids is 2. The topological polar surface area (TPSA) is 77.5 Å². The highest BCUT2D eigenvalue weighted by atomic mass is 35.5. The maximum Gasteiger partial charge on any atom is 0.408 e. The lowest BCUT2D eigenvalue weighted by molar-refractivity contribution is -0.144. The summed E-state index contributed by atoms with van der Waals surface area (Å²) < 4.78 is 9.80. The van der Waals surface area contributed by atoms with Crippen molar-refractivity contribution in [2.45, 2.75) is 12.6 Å². The van der Waals surface area contributed by atoms with Gasteiger partial charge in [0.15, 0.2) is 12.1 Å². The molecule has 0 aliphatic carbocycles. The summed E-state index contributed by atoms with van der Waals surface area (Å²) in [5, 5.41) is 2.47. The van der Waals surface area contributed by atoms with Gasteiger partial charge in [0.2, 0.25) is 0 Å². The molecule has 0 saturated heterocycles. The molecule has 1 N–H and O–H groups in total. The summed E-state index contributed by atoms with van der Waals surface area (Å²) in [5.41, 5.74) is 2.22. The molecule has 116 valence electrons. The predicted molar refractivity (Wildman–Crippen MR) is 81.4 cm³/mol. The highest BCUT2D eigenvalue weighted by Crippen LogP contribution is 2.15. The number of halogens is 1. The second-order valence-electron chi connectivity index (χ2n) is 4.10.